The lowest BCUT2D eigenvalue weighted by atomic mass is 9.86. The van der Waals surface area contributed by atoms with Crippen molar-refractivity contribution in [2.45, 2.75) is 44.1 Å². The summed E-state index contributed by atoms with van der Waals surface area (Å²) in [5, 5.41) is 29.6. The fraction of sp³-hybridized carbons (Fsp3) is 0.917. The van der Waals surface area contributed by atoms with Gasteiger partial charge in [0.25, 0.3) is 0 Å². The minimum atomic E-state index is -1.75. The summed E-state index contributed by atoms with van der Waals surface area (Å²) in [5.74, 6) is -3.84. The van der Waals surface area contributed by atoms with Crippen molar-refractivity contribution >= 4 is 5.97 Å². The molecule has 2 fully saturated rings. The van der Waals surface area contributed by atoms with Gasteiger partial charge >= 0.3 is 5.97 Å². The minimum Gasteiger partial charge on any atom is -0.469 e. The molecule has 2 saturated heterocycles. The van der Waals surface area contributed by atoms with Gasteiger partial charge in [0.1, 0.15) is 30.3 Å². The van der Waals surface area contributed by atoms with Gasteiger partial charge in [0, 0.05) is 5.92 Å². The van der Waals surface area contributed by atoms with E-state index in [-0.39, 0.29) is 12.5 Å². The standard InChI is InChI=1S/C12H20O7/c1-5(2)12(16)7(11(15)17-3)9-10(19-12)8(14)6(4-13)18-9/h5-10,13-14,16H,4H2,1-3H3/t6-,7+,8-,9-,10-,12+/m1/s1. The van der Waals surface area contributed by atoms with Crippen molar-refractivity contribution in [3.05, 3.63) is 0 Å². The molecule has 0 aliphatic carbocycles. The zero-order chi connectivity index (χ0) is 14.4. The molecular weight excluding hydrogens is 256 g/mol. The molecule has 0 spiro atoms. The first kappa shape index (κ1) is 14.7. The fourth-order valence-corrected chi connectivity index (χ4v) is 2.77. The average molecular weight is 276 g/mol. The van der Waals surface area contributed by atoms with E-state index in [2.05, 4.69) is 4.74 Å². The Morgan fingerprint density at radius 3 is 2.53 bits per heavy atom. The Labute approximate surface area is 111 Å². The van der Waals surface area contributed by atoms with Crippen molar-refractivity contribution in [3.8, 4) is 0 Å². The van der Waals surface area contributed by atoms with E-state index in [4.69, 9.17) is 14.6 Å². The first-order valence-corrected chi connectivity index (χ1v) is 6.29. The Morgan fingerprint density at radius 1 is 1.42 bits per heavy atom. The van der Waals surface area contributed by atoms with Crippen LogP contribution in [-0.4, -0.2) is 65.2 Å². The van der Waals surface area contributed by atoms with Gasteiger partial charge in [0.05, 0.1) is 13.7 Å². The summed E-state index contributed by atoms with van der Waals surface area (Å²) >= 11 is 0. The lowest BCUT2D eigenvalue weighted by molar-refractivity contribution is -0.255. The Bertz CT molecular complexity index is 358. The third-order valence-electron chi connectivity index (χ3n) is 3.93. The van der Waals surface area contributed by atoms with Crippen LogP contribution >= 0.6 is 0 Å². The number of carbonyl (C=O) groups excluding carboxylic acids is 1. The van der Waals surface area contributed by atoms with Crippen LogP contribution in [0.5, 0.6) is 0 Å². The lowest BCUT2D eigenvalue weighted by Gasteiger charge is -2.33. The molecule has 0 saturated carbocycles. The second kappa shape index (κ2) is 4.99. The van der Waals surface area contributed by atoms with E-state index in [1.165, 1.54) is 7.11 Å². The number of aliphatic hydroxyl groups excluding tert-OH is 2. The molecule has 6 atom stereocenters. The highest BCUT2D eigenvalue weighted by Gasteiger charge is 2.66. The zero-order valence-electron chi connectivity index (χ0n) is 11.1. The Balaban J connectivity index is 2.32. The fourth-order valence-electron chi connectivity index (χ4n) is 2.77. The molecule has 2 aliphatic heterocycles. The van der Waals surface area contributed by atoms with Gasteiger partial charge < -0.3 is 29.5 Å². The van der Waals surface area contributed by atoms with Gasteiger partial charge in [-0.05, 0) is 0 Å². The maximum absolute atomic E-state index is 11.9. The smallest absolute Gasteiger partial charge is 0.316 e. The molecule has 3 N–H and O–H groups in total. The number of ether oxygens (including phenoxy) is 3. The summed E-state index contributed by atoms with van der Waals surface area (Å²) in [4.78, 5) is 11.9. The van der Waals surface area contributed by atoms with Crippen LogP contribution in [0.1, 0.15) is 13.8 Å². The summed E-state index contributed by atoms with van der Waals surface area (Å²) in [7, 11) is 1.21. The number of hydrogen-bond acceptors (Lipinski definition) is 7. The molecule has 19 heavy (non-hydrogen) atoms. The topological polar surface area (TPSA) is 105 Å². The second-order valence-electron chi connectivity index (χ2n) is 5.30. The van der Waals surface area contributed by atoms with Crippen LogP contribution in [0.2, 0.25) is 0 Å². The lowest BCUT2D eigenvalue weighted by Crippen LogP contribution is -2.49. The minimum absolute atomic E-state index is 0.383. The maximum Gasteiger partial charge on any atom is 0.316 e. The molecule has 7 nitrogen and oxygen atoms in total. The number of aliphatic hydroxyl groups is 3. The third kappa shape index (κ3) is 2.05. The van der Waals surface area contributed by atoms with Gasteiger partial charge in [-0.15, -0.1) is 0 Å². The number of carbonyl (C=O) groups is 1. The highest BCUT2D eigenvalue weighted by atomic mass is 16.7. The molecule has 0 aromatic carbocycles. The first-order valence-electron chi connectivity index (χ1n) is 6.29. The number of esters is 1. The van der Waals surface area contributed by atoms with Crippen molar-refractivity contribution in [3.63, 3.8) is 0 Å². The van der Waals surface area contributed by atoms with Crippen molar-refractivity contribution < 1.29 is 34.3 Å². The normalized spacial score (nSPS) is 45.5. The summed E-state index contributed by atoms with van der Waals surface area (Å²) in [6, 6.07) is 0. The molecule has 0 unspecified atom stereocenters. The SMILES string of the molecule is COC(=O)[C@@H]1[C@H]2O[C@H](CO)[C@@H](O)[C@H]2O[C@@]1(O)C(C)C. The van der Waals surface area contributed by atoms with Gasteiger partial charge in [-0.25, -0.2) is 0 Å². The second-order valence-corrected chi connectivity index (χ2v) is 5.30. The third-order valence-corrected chi connectivity index (χ3v) is 3.93. The van der Waals surface area contributed by atoms with Crippen LogP contribution in [-0.2, 0) is 19.0 Å². The molecule has 0 aromatic heterocycles. The van der Waals surface area contributed by atoms with Crippen molar-refractivity contribution in [1.29, 1.82) is 0 Å². The van der Waals surface area contributed by atoms with Gasteiger partial charge in [0.15, 0.2) is 5.79 Å². The van der Waals surface area contributed by atoms with Gasteiger partial charge in [-0.2, -0.15) is 0 Å². The summed E-state index contributed by atoms with van der Waals surface area (Å²) < 4.78 is 15.6. The van der Waals surface area contributed by atoms with Crippen LogP contribution in [0.4, 0.5) is 0 Å². The summed E-state index contributed by atoms with van der Waals surface area (Å²) in [6.45, 7) is 3.02. The molecule has 2 rings (SSSR count). The molecule has 110 valence electrons. The monoisotopic (exact) mass is 276 g/mol. The van der Waals surface area contributed by atoms with E-state index < -0.39 is 42.1 Å². The van der Waals surface area contributed by atoms with Crippen LogP contribution < -0.4 is 0 Å². The number of fused-ring (bicyclic) bond motifs is 1. The van der Waals surface area contributed by atoms with E-state index in [1.54, 1.807) is 13.8 Å². The van der Waals surface area contributed by atoms with Crippen LogP contribution in [0.15, 0.2) is 0 Å². The Morgan fingerprint density at radius 2 is 2.05 bits per heavy atom. The highest BCUT2D eigenvalue weighted by Crippen LogP contribution is 2.46. The first-order chi connectivity index (χ1) is 8.86. The number of methoxy groups -OCH3 is 1. The number of hydrogen-bond donors (Lipinski definition) is 3. The average Bonchev–Trinajstić information content (AvgIpc) is 2.83. The van der Waals surface area contributed by atoms with Crippen LogP contribution in [0.25, 0.3) is 0 Å². The zero-order valence-corrected chi connectivity index (χ0v) is 11.1. The van der Waals surface area contributed by atoms with Gasteiger partial charge in [-0.1, -0.05) is 13.8 Å². The van der Waals surface area contributed by atoms with Crippen molar-refractivity contribution in [2.24, 2.45) is 11.8 Å². The quantitative estimate of drug-likeness (QED) is 0.547. The van der Waals surface area contributed by atoms with Crippen molar-refractivity contribution in [2.75, 3.05) is 13.7 Å². The van der Waals surface area contributed by atoms with Gasteiger partial charge in [-0.3, -0.25) is 4.79 Å². The van der Waals surface area contributed by atoms with E-state index in [0.717, 1.165) is 0 Å². The molecule has 7 heteroatoms. The molecule has 2 aliphatic rings. The molecule has 0 radical (unpaired) electrons. The van der Waals surface area contributed by atoms with E-state index in [0.29, 0.717) is 0 Å². The van der Waals surface area contributed by atoms with E-state index in [9.17, 15) is 15.0 Å². The Kier molecular flexibility index (Phi) is 3.85. The largest absolute Gasteiger partial charge is 0.469 e. The molecule has 0 bridgehead atoms. The predicted molar refractivity (Wildman–Crippen MR) is 61.9 cm³/mol. The predicted octanol–water partition coefficient (Wildman–Crippen LogP) is -1.36. The highest BCUT2D eigenvalue weighted by molar-refractivity contribution is 5.75. The summed E-state index contributed by atoms with van der Waals surface area (Å²) in [6.07, 6.45) is -3.59. The van der Waals surface area contributed by atoms with E-state index >= 15 is 0 Å². The van der Waals surface area contributed by atoms with Crippen molar-refractivity contribution in [1.82, 2.24) is 0 Å². The maximum atomic E-state index is 11.9. The van der Waals surface area contributed by atoms with Crippen LogP contribution in [0.3, 0.4) is 0 Å². The molecule has 0 aromatic rings. The summed E-state index contributed by atoms with van der Waals surface area (Å²) in [5.41, 5.74) is 0. The number of rotatable bonds is 3. The molecule has 0 amide bonds. The van der Waals surface area contributed by atoms with Crippen LogP contribution in [0, 0.1) is 11.8 Å². The Hall–Kier alpha value is -0.730. The van der Waals surface area contributed by atoms with Gasteiger partial charge in [0.2, 0.25) is 0 Å². The van der Waals surface area contributed by atoms with E-state index in [1.807, 2.05) is 0 Å². The molecule has 2 heterocycles. The molecular formula is C12H20O7.